The number of ketones is 1. The molecule has 3 aromatic rings. The zero-order chi connectivity index (χ0) is 31.5. The molecule has 4 atom stereocenters. The number of hydrogen-bond acceptors (Lipinski definition) is 7. The van der Waals surface area contributed by atoms with Crippen LogP contribution in [0.25, 0.3) is 10.4 Å². The molecule has 11 nitrogen and oxygen atoms in total. The number of carbonyl (C=O) groups is 3. The second kappa shape index (κ2) is 19.6. The van der Waals surface area contributed by atoms with Gasteiger partial charge in [-0.1, -0.05) is 110 Å². The minimum atomic E-state index is -1.05. The van der Waals surface area contributed by atoms with Gasteiger partial charge >= 0.3 is 11.9 Å². The second-order valence-corrected chi connectivity index (χ2v) is 9.90. The van der Waals surface area contributed by atoms with Gasteiger partial charge in [-0.2, -0.15) is 0 Å². The number of Topliss-reactive ketones (excluding diaryl/α,β-unsaturated/α-hetero) is 1. The SMILES string of the molecule is CC(CN=[N+]=[N-])[C@H](OCc1ccccc1)C(=O)O.C[C@H](CNCC(=O)c1ccccc1)[C@H](OCc1ccccc1)C(=O)O. The third-order valence-electron chi connectivity index (χ3n) is 6.35. The fourth-order valence-corrected chi connectivity index (χ4v) is 3.99. The number of ether oxygens (including phenoxy) is 2. The van der Waals surface area contributed by atoms with E-state index in [-0.39, 0.29) is 43.9 Å². The summed E-state index contributed by atoms with van der Waals surface area (Å²) in [7, 11) is 0. The molecule has 0 aliphatic heterocycles. The quantitative estimate of drug-likeness (QED) is 0.0815. The summed E-state index contributed by atoms with van der Waals surface area (Å²) in [4.78, 5) is 37.2. The van der Waals surface area contributed by atoms with E-state index in [1.165, 1.54) is 0 Å². The molecule has 0 aliphatic carbocycles. The number of nitrogens with one attached hydrogen (secondary N) is 1. The van der Waals surface area contributed by atoms with Crippen molar-refractivity contribution in [1.29, 1.82) is 0 Å². The number of aliphatic carboxylic acids is 2. The van der Waals surface area contributed by atoms with Gasteiger partial charge in [0.05, 0.1) is 19.8 Å². The summed E-state index contributed by atoms with van der Waals surface area (Å²) in [6, 6.07) is 27.8. The van der Waals surface area contributed by atoms with Crippen molar-refractivity contribution >= 4 is 17.7 Å². The molecule has 3 rings (SSSR count). The van der Waals surface area contributed by atoms with Crippen molar-refractivity contribution in [1.82, 2.24) is 5.32 Å². The Balaban J connectivity index is 0.000000317. The molecule has 0 aliphatic rings. The maximum atomic E-state index is 12.0. The molecular weight excluding hydrogens is 552 g/mol. The van der Waals surface area contributed by atoms with Crippen molar-refractivity contribution in [3.63, 3.8) is 0 Å². The van der Waals surface area contributed by atoms with Crippen molar-refractivity contribution < 1.29 is 34.1 Å². The van der Waals surface area contributed by atoms with Crippen LogP contribution in [0.3, 0.4) is 0 Å². The van der Waals surface area contributed by atoms with Gasteiger partial charge in [0.2, 0.25) is 0 Å². The first-order valence-corrected chi connectivity index (χ1v) is 13.8. The Morgan fingerprint density at radius 1 is 0.767 bits per heavy atom. The standard InChI is InChI=1S/C20H23NO4.C12H15N3O3/c1-15(12-21-13-18(22)17-10-6-3-7-11-17)19(20(23)24)25-14-16-8-4-2-5-9-16;1-9(7-14-15-13)11(12(16)17)18-8-10-5-3-2-4-6-10/h2-11,15,19,21H,12-14H2,1H3,(H,23,24);2-6,9,11H,7-8H2,1H3,(H,16,17)/t15-,19+;9?,11-/m10/s1. The molecule has 0 radical (unpaired) electrons. The first-order chi connectivity index (χ1) is 20.7. The minimum Gasteiger partial charge on any atom is -0.479 e. The molecule has 0 spiro atoms. The Kier molecular flexibility index (Phi) is 15.8. The van der Waals surface area contributed by atoms with Crippen LogP contribution in [0.15, 0.2) is 96.1 Å². The summed E-state index contributed by atoms with van der Waals surface area (Å²) >= 11 is 0. The van der Waals surface area contributed by atoms with Gasteiger partial charge in [-0.05, 0) is 22.6 Å². The van der Waals surface area contributed by atoms with Crippen LogP contribution in [-0.2, 0) is 32.3 Å². The van der Waals surface area contributed by atoms with Crippen LogP contribution in [-0.4, -0.2) is 59.8 Å². The number of carboxylic acid groups (broad SMARTS) is 2. The molecular formula is C32H38N4O7. The monoisotopic (exact) mass is 590 g/mol. The van der Waals surface area contributed by atoms with Gasteiger partial charge < -0.3 is 25.0 Å². The van der Waals surface area contributed by atoms with Crippen molar-refractivity contribution in [3.8, 4) is 0 Å². The lowest BCUT2D eigenvalue weighted by atomic mass is 10.0. The van der Waals surface area contributed by atoms with Crippen molar-refractivity contribution in [2.75, 3.05) is 19.6 Å². The van der Waals surface area contributed by atoms with E-state index in [1.807, 2.05) is 78.9 Å². The normalized spacial score (nSPS) is 13.3. The molecule has 11 heteroatoms. The zero-order valence-electron chi connectivity index (χ0n) is 24.3. The van der Waals surface area contributed by atoms with Gasteiger partial charge in [0.1, 0.15) is 0 Å². The van der Waals surface area contributed by atoms with Gasteiger partial charge in [-0.15, -0.1) is 0 Å². The molecule has 43 heavy (non-hydrogen) atoms. The summed E-state index contributed by atoms with van der Waals surface area (Å²) in [6.45, 7) is 4.58. The molecule has 1 unspecified atom stereocenters. The van der Waals surface area contributed by atoms with Gasteiger partial charge in [0.25, 0.3) is 0 Å². The number of nitrogens with zero attached hydrogens (tertiary/aromatic N) is 3. The highest BCUT2D eigenvalue weighted by molar-refractivity contribution is 5.97. The smallest absolute Gasteiger partial charge is 0.333 e. The lowest BCUT2D eigenvalue weighted by Crippen LogP contribution is -2.38. The van der Waals surface area contributed by atoms with Crippen LogP contribution in [0, 0.1) is 11.8 Å². The van der Waals surface area contributed by atoms with Crippen LogP contribution < -0.4 is 5.32 Å². The van der Waals surface area contributed by atoms with E-state index >= 15 is 0 Å². The fourth-order valence-electron chi connectivity index (χ4n) is 3.99. The second-order valence-electron chi connectivity index (χ2n) is 9.90. The summed E-state index contributed by atoms with van der Waals surface area (Å²) in [6.07, 6.45) is -1.91. The Hall–Kier alpha value is -4.54. The first kappa shape index (κ1) is 34.7. The van der Waals surface area contributed by atoms with Crippen molar-refractivity contribution in [3.05, 3.63) is 118 Å². The van der Waals surface area contributed by atoms with E-state index in [9.17, 15) is 19.5 Å². The van der Waals surface area contributed by atoms with E-state index in [0.29, 0.717) is 12.1 Å². The third-order valence-corrected chi connectivity index (χ3v) is 6.35. The number of carbonyl (C=O) groups excluding carboxylic acids is 1. The zero-order valence-corrected chi connectivity index (χ0v) is 24.3. The molecule has 0 amide bonds. The minimum absolute atomic E-state index is 0.0233. The molecule has 0 fully saturated rings. The summed E-state index contributed by atoms with van der Waals surface area (Å²) < 4.78 is 10.9. The molecule has 0 bridgehead atoms. The average molecular weight is 591 g/mol. The number of hydrogen-bond donors (Lipinski definition) is 3. The summed E-state index contributed by atoms with van der Waals surface area (Å²) in [5, 5.41) is 24.8. The predicted octanol–water partition coefficient (Wildman–Crippen LogP) is 5.37. The molecule has 0 saturated carbocycles. The lowest BCUT2D eigenvalue weighted by molar-refractivity contribution is -0.155. The maximum Gasteiger partial charge on any atom is 0.333 e. The van der Waals surface area contributed by atoms with Gasteiger partial charge in [-0.25, -0.2) is 9.59 Å². The van der Waals surface area contributed by atoms with Crippen LogP contribution >= 0.6 is 0 Å². The van der Waals surface area contributed by atoms with Gasteiger partial charge in [0, 0.05) is 29.5 Å². The Morgan fingerprint density at radius 3 is 1.65 bits per heavy atom. The van der Waals surface area contributed by atoms with Gasteiger partial charge in [0.15, 0.2) is 18.0 Å². The summed E-state index contributed by atoms with van der Waals surface area (Å²) in [5.41, 5.74) is 10.7. The third kappa shape index (κ3) is 13.3. The largest absolute Gasteiger partial charge is 0.479 e. The Labute approximate surface area is 251 Å². The Morgan fingerprint density at radius 2 is 1.21 bits per heavy atom. The van der Waals surface area contributed by atoms with E-state index in [4.69, 9.17) is 20.1 Å². The molecule has 3 N–H and O–H groups in total. The topological polar surface area (TPSA) is 171 Å². The van der Waals surface area contributed by atoms with E-state index < -0.39 is 24.1 Å². The highest BCUT2D eigenvalue weighted by atomic mass is 16.5. The van der Waals surface area contributed by atoms with Crippen molar-refractivity contribution in [2.24, 2.45) is 17.0 Å². The molecule has 3 aromatic carbocycles. The number of carboxylic acids is 2. The number of rotatable bonds is 17. The van der Waals surface area contributed by atoms with Crippen LogP contribution in [0.1, 0.15) is 35.3 Å². The first-order valence-electron chi connectivity index (χ1n) is 13.8. The van der Waals surface area contributed by atoms with E-state index in [1.54, 1.807) is 26.0 Å². The molecule has 0 aromatic heterocycles. The Bertz CT molecular complexity index is 1300. The molecule has 228 valence electrons. The average Bonchev–Trinajstić information content (AvgIpc) is 3.01. The van der Waals surface area contributed by atoms with Gasteiger partial charge in [-0.3, -0.25) is 4.79 Å². The maximum absolute atomic E-state index is 12.0. The van der Waals surface area contributed by atoms with Crippen LogP contribution in [0.2, 0.25) is 0 Å². The molecule has 0 heterocycles. The number of benzene rings is 3. The lowest BCUT2D eigenvalue weighted by Gasteiger charge is -2.21. The predicted molar refractivity (Wildman–Crippen MR) is 161 cm³/mol. The van der Waals surface area contributed by atoms with E-state index in [0.717, 1.165) is 11.1 Å². The highest BCUT2D eigenvalue weighted by Gasteiger charge is 2.26. The molecule has 0 saturated heterocycles. The fraction of sp³-hybridized carbons (Fsp3) is 0.344. The van der Waals surface area contributed by atoms with Crippen LogP contribution in [0.5, 0.6) is 0 Å². The van der Waals surface area contributed by atoms with Crippen LogP contribution in [0.4, 0.5) is 0 Å². The van der Waals surface area contributed by atoms with Crippen molar-refractivity contribution in [2.45, 2.75) is 39.3 Å². The highest BCUT2D eigenvalue weighted by Crippen LogP contribution is 2.13. The number of azide groups is 1. The van der Waals surface area contributed by atoms with E-state index in [2.05, 4.69) is 15.3 Å². The summed E-state index contributed by atoms with van der Waals surface area (Å²) in [5.74, 6) is -2.72.